The van der Waals surface area contributed by atoms with Crippen LogP contribution in [0.3, 0.4) is 0 Å². The fourth-order valence-electron chi connectivity index (χ4n) is 4.55. The number of hydrogen-bond acceptors (Lipinski definition) is 5. The number of aromatic amines is 1. The number of allylic oxidation sites excluding steroid dienone is 1. The molecule has 172 valence electrons. The Morgan fingerprint density at radius 3 is 2.72 bits per heavy atom. The number of halogens is 3. The van der Waals surface area contributed by atoms with Crippen LogP contribution in [0.5, 0.6) is 0 Å². The van der Waals surface area contributed by atoms with Crippen LogP contribution in [-0.4, -0.2) is 36.0 Å². The van der Waals surface area contributed by atoms with E-state index in [9.17, 15) is 13.2 Å². The molecular formula is C23H29F3N6. The first-order valence-corrected chi connectivity index (χ1v) is 10.9. The summed E-state index contributed by atoms with van der Waals surface area (Å²) in [5.41, 5.74) is 12.7. The summed E-state index contributed by atoms with van der Waals surface area (Å²) in [6.45, 7) is 0.657. The predicted octanol–water partition coefficient (Wildman–Crippen LogP) is 4.16. The standard InChI is InChI=1S/C23H29F3N6/c1-28-32-14-31-22-19(10-12-30-22)21(32)20(27)16-5-7-18(8-6-16)29-11-9-15-3-2-4-17(13-15)23(24,25)26/h2-4,10,12-14,16,18,28-30H,5-9,11,27H2,1H3/b21-20-. The van der Waals surface area contributed by atoms with Crippen LogP contribution in [0.25, 0.3) is 5.70 Å². The number of aliphatic imine (C=N–C) groups is 1. The largest absolute Gasteiger partial charge is 0.416 e. The summed E-state index contributed by atoms with van der Waals surface area (Å²) in [7, 11) is 1.84. The second-order valence-electron chi connectivity index (χ2n) is 8.33. The highest BCUT2D eigenvalue weighted by atomic mass is 19.4. The Morgan fingerprint density at radius 2 is 2.00 bits per heavy atom. The minimum atomic E-state index is -4.30. The number of fused-ring (bicyclic) bond motifs is 1. The zero-order chi connectivity index (χ0) is 22.7. The molecule has 9 heteroatoms. The van der Waals surface area contributed by atoms with E-state index in [1.54, 1.807) is 12.4 Å². The molecule has 0 unspecified atom stereocenters. The highest BCUT2D eigenvalue weighted by molar-refractivity contribution is 5.86. The van der Waals surface area contributed by atoms with Crippen LogP contribution in [0.1, 0.15) is 42.4 Å². The van der Waals surface area contributed by atoms with Crippen molar-refractivity contribution in [3.8, 4) is 0 Å². The molecule has 4 rings (SSSR count). The molecule has 0 radical (unpaired) electrons. The van der Waals surface area contributed by atoms with Crippen molar-refractivity contribution in [2.24, 2.45) is 16.6 Å². The molecule has 1 aliphatic carbocycles. The number of benzene rings is 1. The number of nitrogens with one attached hydrogen (secondary N) is 3. The van der Waals surface area contributed by atoms with E-state index in [4.69, 9.17) is 5.73 Å². The first kappa shape index (κ1) is 22.4. The summed E-state index contributed by atoms with van der Waals surface area (Å²) in [6, 6.07) is 7.91. The lowest BCUT2D eigenvalue weighted by atomic mass is 9.83. The van der Waals surface area contributed by atoms with Crippen molar-refractivity contribution in [2.45, 2.75) is 44.3 Å². The summed E-state index contributed by atoms with van der Waals surface area (Å²) >= 11 is 0. The lowest BCUT2D eigenvalue weighted by molar-refractivity contribution is -0.137. The first-order chi connectivity index (χ1) is 15.4. The van der Waals surface area contributed by atoms with E-state index in [-0.39, 0.29) is 5.92 Å². The highest BCUT2D eigenvalue weighted by Gasteiger charge is 2.31. The Labute approximate surface area is 185 Å². The van der Waals surface area contributed by atoms with Crippen molar-refractivity contribution in [1.29, 1.82) is 0 Å². The van der Waals surface area contributed by atoms with E-state index in [2.05, 4.69) is 20.7 Å². The highest BCUT2D eigenvalue weighted by Crippen LogP contribution is 2.37. The molecule has 1 fully saturated rings. The van der Waals surface area contributed by atoms with Gasteiger partial charge >= 0.3 is 6.18 Å². The third-order valence-electron chi connectivity index (χ3n) is 6.31. The van der Waals surface area contributed by atoms with Gasteiger partial charge in [0.1, 0.15) is 12.2 Å². The Bertz CT molecular complexity index is 986. The molecule has 5 N–H and O–H groups in total. The minimum absolute atomic E-state index is 0.275. The van der Waals surface area contributed by atoms with Gasteiger partial charge in [0.2, 0.25) is 0 Å². The molecule has 0 amide bonds. The van der Waals surface area contributed by atoms with E-state index in [0.717, 1.165) is 54.5 Å². The molecular weight excluding hydrogens is 417 g/mol. The van der Waals surface area contributed by atoms with Crippen molar-refractivity contribution in [3.63, 3.8) is 0 Å². The summed E-state index contributed by atoms with van der Waals surface area (Å²) in [6.07, 6.45) is 3.74. The van der Waals surface area contributed by atoms with Crippen LogP contribution in [0.15, 0.2) is 47.2 Å². The van der Waals surface area contributed by atoms with Crippen LogP contribution < -0.4 is 16.5 Å². The van der Waals surface area contributed by atoms with Gasteiger partial charge < -0.3 is 16.0 Å². The molecule has 2 heterocycles. The quantitative estimate of drug-likeness (QED) is 0.537. The molecule has 1 aromatic heterocycles. The van der Waals surface area contributed by atoms with Gasteiger partial charge in [-0.15, -0.1) is 0 Å². The molecule has 0 saturated heterocycles. The monoisotopic (exact) mass is 446 g/mol. The van der Waals surface area contributed by atoms with Gasteiger partial charge in [0.15, 0.2) is 0 Å². The fraction of sp³-hybridized carbons (Fsp3) is 0.435. The summed E-state index contributed by atoms with van der Waals surface area (Å²) < 4.78 is 38.6. The molecule has 1 saturated carbocycles. The average molecular weight is 447 g/mol. The van der Waals surface area contributed by atoms with Gasteiger partial charge in [-0.3, -0.25) is 5.01 Å². The Balaban J connectivity index is 1.32. The van der Waals surface area contributed by atoms with Gasteiger partial charge in [0.25, 0.3) is 0 Å². The molecule has 32 heavy (non-hydrogen) atoms. The zero-order valence-corrected chi connectivity index (χ0v) is 18.0. The van der Waals surface area contributed by atoms with E-state index in [1.807, 2.05) is 24.3 Å². The van der Waals surface area contributed by atoms with Gasteiger partial charge in [-0.05, 0) is 56.3 Å². The molecule has 0 spiro atoms. The summed E-state index contributed by atoms with van der Waals surface area (Å²) in [5, 5.41) is 5.36. The molecule has 1 aromatic carbocycles. The van der Waals surface area contributed by atoms with Gasteiger partial charge in [0.05, 0.1) is 11.3 Å². The molecule has 0 bridgehead atoms. The maximum atomic E-state index is 12.9. The van der Waals surface area contributed by atoms with Gasteiger partial charge in [-0.25, -0.2) is 10.4 Å². The van der Waals surface area contributed by atoms with E-state index < -0.39 is 11.7 Å². The lowest BCUT2D eigenvalue weighted by Gasteiger charge is -2.33. The van der Waals surface area contributed by atoms with Crippen molar-refractivity contribution >= 4 is 17.9 Å². The van der Waals surface area contributed by atoms with Gasteiger partial charge in [0, 0.05) is 36.5 Å². The SMILES string of the molecule is CNN1C=Nc2[nH]ccc2/C1=C(/N)C1CCC(NCCc2cccc(C(F)(F)F)c2)CC1. The summed E-state index contributed by atoms with van der Waals surface area (Å²) in [5.74, 6) is 1.08. The van der Waals surface area contributed by atoms with Crippen LogP contribution in [0.2, 0.25) is 0 Å². The average Bonchev–Trinajstić information content (AvgIpc) is 3.27. The van der Waals surface area contributed by atoms with Crippen molar-refractivity contribution in [3.05, 3.63) is 58.9 Å². The maximum Gasteiger partial charge on any atom is 0.416 e. The van der Waals surface area contributed by atoms with Crippen LogP contribution >= 0.6 is 0 Å². The van der Waals surface area contributed by atoms with Crippen molar-refractivity contribution in [2.75, 3.05) is 13.6 Å². The fourth-order valence-corrected chi connectivity index (χ4v) is 4.55. The Kier molecular flexibility index (Phi) is 6.57. The third-order valence-corrected chi connectivity index (χ3v) is 6.31. The number of nitrogens with two attached hydrogens (primary N) is 1. The third kappa shape index (κ3) is 4.83. The number of hydrazine groups is 1. The second-order valence-corrected chi connectivity index (χ2v) is 8.33. The van der Waals surface area contributed by atoms with Crippen molar-refractivity contribution < 1.29 is 13.2 Å². The Morgan fingerprint density at radius 1 is 1.22 bits per heavy atom. The topological polar surface area (TPSA) is 81.5 Å². The second kappa shape index (κ2) is 9.38. The minimum Gasteiger partial charge on any atom is -0.400 e. The number of hydrogen-bond donors (Lipinski definition) is 4. The normalized spacial score (nSPS) is 22.7. The molecule has 1 aliphatic heterocycles. The summed E-state index contributed by atoms with van der Waals surface area (Å²) in [4.78, 5) is 7.52. The first-order valence-electron chi connectivity index (χ1n) is 10.9. The van der Waals surface area contributed by atoms with Crippen LogP contribution in [-0.2, 0) is 12.6 Å². The zero-order valence-electron chi connectivity index (χ0n) is 18.0. The number of rotatable bonds is 6. The number of alkyl halides is 3. The molecule has 0 atom stereocenters. The van der Waals surface area contributed by atoms with E-state index in [1.165, 1.54) is 12.1 Å². The van der Waals surface area contributed by atoms with Crippen molar-refractivity contribution in [1.82, 2.24) is 20.7 Å². The number of nitrogens with zero attached hydrogens (tertiary/aromatic N) is 2. The van der Waals surface area contributed by atoms with E-state index >= 15 is 0 Å². The molecule has 2 aromatic rings. The maximum absolute atomic E-state index is 12.9. The predicted molar refractivity (Wildman–Crippen MR) is 120 cm³/mol. The van der Waals surface area contributed by atoms with Crippen LogP contribution in [0, 0.1) is 5.92 Å². The molecule has 6 nitrogen and oxygen atoms in total. The number of aromatic nitrogens is 1. The Hall–Kier alpha value is -2.78. The van der Waals surface area contributed by atoms with Crippen LogP contribution in [0.4, 0.5) is 19.0 Å². The smallest absolute Gasteiger partial charge is 0.400 e. The van der Waals surface area contributed by atoms with Gasteiger partial charge in [-0.2, -0.15) is 13.2 Å². The lowest BCUT2D eigenvalue weighted by Crippen LogP contribution is -2.38. The van der Waals surface area contributed by atoms with Gasteiger partial charge in [-0.1, -0.05) is 18.2 Å². The molecule has 2 aliphatic rings. The van der Waals surface area contributed by atoms with E-state index in [0.29, 0.717) is 24.6 Å². The number of H-pyrrole nitrogens is 1.